The molecule has 0 aromatic heterocycles. The standard InChI is InChI=1S/C15H22/c1-6-10-14(8-3)15(9-4)12-11-13(5)7-2/h6-7,9-12H,1,8H2,2-5H3. The first kappa shape index (κ1) is 13.7. The minimum atomic E-state index is 1.03. The molecule has 0 nitrogen and oxygen atoms in total. The van der Waals surface area contributed by atoms with Crippen LogP contribution in [0.25, 0.3) is 0 Å². The molecule has 0 saturated carbocycles. The van der Waals surface area contributed by atoms with Crippen LogP contribution in [0, 0.1) is 0 Å². The average molecular weight is 202 g/mol. The van der Waals surface area contributed by atoms with E-state index in [1.54, 1.807) is 0 Å². The highest BCUT2D eigenvalue weighted by atomic mass is 14.0. The van der Waals surface area contributed by atoms with Crippen molar-refractivity contribution in [3.63, 3.8) is 0 Å². The predicted octanol–water partition coefficient (Wildman–Crippen LogP) is 4.98. The summed E-state index contributed by atoms with van der Waals surface area (Å²) in [5.41, 5.74) is 3.88. The molecule has 0 unspecified atom stereocenters. The Morgan fingerprint density at radius 2 is 1.80 bits per heavy atom. The highest BCUT2D eigenvalue weighted by molar-refractivity contribution is 5.42. The molecule has 0 aliphatic heterocycles. The van der Waals surface area contributed by atoms with Crippen molar-refractivity contribution in [2.45, 2.75) is 34.1 Å². The normalized spacial score (nSPS) is 14.8. The quantitative estimate of drug-likeness (QED) is 0.552. The third kappa shape index (κ3) is 5.21. The van der Waals surface area contributed by atoms with Gasteiger partial charge in [-0.3, -0.25) is 0 Å². The summed E-state index contributed by atoms with van der Waals surface area (Å²) in [7, 11) is 0. The fourth-order valence-corrected chi connectivity index (χ4v) is 1.27. The second-order valence-electron chi connectivity index (χ2n) is 3.39. The summed E-state index contributed by atoms with van der Waals surface area (Å²) in [5.74, 6) is 0. The van der Waals surface area contributed by atoms with Gasteiger partial charge in [0.05, 0.1) is 0 Å². The summed E-state index contributed by atoms with van der Waals surface area (Å²) in [6.07, 6.45) is 13.5. The van der Waals surface area contributed by atoms with E-state index in [0.29, 0.717) is 0 Å². The van der Waals surface area contributed by atoms with Crippen molar-refractivity contribution in [3.05, 3.63) is 59.8 Å². The Bertz CT molecular complexity index is 309. The fourth-order valence-electron chi connectivity index (χ4n) is 1.27. The van der Waals surface area contributed by atoms with Gasteiger partial charge in [0.1, 0.15) is 0 Å². The number of rotatable bonds is 5. The van der Waals surface area contributed by atoms with Gasteiger partial charge in [0.25, 0.3) is 0 Å². The molecule has 0 bridgehead atoms. The molecule has 0 atom stereocenters. The Hall–Kier alpha value is -1.30. The van der Waals surface area contributed by atoms with Gasteiger partial charge in [-0.2, -0.15) is 0 Å². The Kier molecular flexibility index (Phi) is 7.35. The van der Waals surface area contributed by atoms with E-state index in [1.165, 1.54) is 16.7 Å². The van der Waals surface area contributed by atoms with Crippen LogP contribution < -0.4 is 0 Å². The molecule has 0 aliphatic rings. The molecule has 0 fully saturated rings. The van der Waals surface area contributed by atoms with E-state index in [0.717, 1.165) is 6.42 Å². The predicted molar refractivity (Wildman–Crippen MR) is 70.9 cm³/mol. The molecule has 0 spiro atoms. The maximum Gasteiger partial charge on any atom is -0.0267 e. The summed E-state index contributed by atoms with van der Waals surface area (Å²) in [6, 6.07) is 0. The van der Waals surface area contributed by atoms with Crippen molar-refractivity contribution < 1.29 is 0 Å². The van der Waals surface area contributed by atoms with Crippen molar-refractivity contribution in [2.24, 2.45) is 0 Å². The molecule has 0 aromatic carbocycles. The van der Waals surface area contributed by atoms with Gasteiger partial charge in [0, 0.05) is 0 Å². The van der Waals surface area contributed by atoms with Crippen LogP contribution in [0.3, 0.4) is 0 Å². The first-order valence-corrected chi connectivity index (χ1v) is 5.48. The summed E-state index contributed by atoms with van der Waals surface area (Å²) >= 11 is 0. The van der Waals surface area contributed by atoms with E-state index < -0.39 is 0 Å². The van der Waals surface area contributed by atoms with Crippen LogP contribution in [0.15, 0.2) is 59.8 Å². The summed E-state index contributed by atoms with van der Waals surface area (Å²) in [6.45, 7) is 12.1. The molecule has 82 valence electrons. The summed E-state index contributed by atoms with van der Waals surface area (Å²) < 4.78 is 0. The van der Waals surface area contributed by atoms with Crippen LogP contribution in [-0.4, -0.2) is 0 Å². The molecule has 0 radical (unpaired) electrons. The van der Waals surface area contributed by atoms with Gasteiger partial charge in [0.2, 0.25) is 0 Å². The lowest BCUT2D eigenvalue weighted by atomic mass is 10.0. The van der Waals surface area contributed by atoms with Gasteiger partial charge in [-0.15, -0.1) is 0 Å². The van der Waals surface area contributed by atoms with Crippen LogP contribution in [0.1, 0.15) is 34.1 Å². The van der Waals surface area contributed by atoms with Gasteiger partial charge in [-0.05, 0) is 38.3 Å². The molecule has 0 aromatic rings. The smallest absolute Gasteiger partial charge is 0.0267 e. The SMILES string of the molecule is C=CC=C(CC)C(C=CC(C)=CC)=CC. The topological polar surface area (TPSA) is 0 Å². The lowest BCUT2D eigenvalue weighted by molar-refractivity contribution is 1.12. The molecule has 0 saturated heterocycles. The number of hydrogen-bond acceptors (Lipinski definition) is 0. The molecule has 0 amide bonds. The molecule has 0 rings (SSSR count). The Morgan fingerprint density at radius 1 is 1.13 bits per heavy atom. The third-order valence-corrected chi connectivity index (χ3v) is 2.36. The maximum atomic E-state index is 3.74. The second kappa shape index (κ2) is 8.05. The summed E-state index contributed by atoms with van der Waals surface area (Å²) in [5, 5.41) is 0. The van der Waals surface area contributed by atoms with Crippen molar-refractivity contribution in [1.29, 1.82) is 0 Å². The molecule has 0 N–H and O–H groups in total. The van der Waals surface area contributed by atoms with E-state index in [4.69, 9.17) is 0 Å². The van der Waals surface area contributed by atoms with E-state index in [2.05, 4.69) is 64.7 Å². The molecule has 15 heavy (non-hydrogen) atoms. The Balaban J connectivity index is 4.86. The van der Waals surface area contributed by atoms with E-state index in [-0.39, 0.29) is 0 Å². The largest absolute Gasteiger partial charge is 0.0991 e. The molecule has 0 heterocycles. The Morgan fingerprint density at radius 3 is 2.20 bits per heavy atom. The summed E-state index contributed by atoms with van der Waals surface area (Å²) in [4.78, 5) is 0. The third-order valence-electron chi connectivity index (χ3n) is 2.36. The highest BCUT2D eigenvalue weighted by Crippen LogP contribution is 2.16. The van der Waals surface area contributed by atoms with Crippen LogP contribution in [0.5, 0.6) is 0 Å². The fraction of sp³-hybridized carbons (Fsp3) is 0.333. The molecular weight excluding hydrogens is 180 g/mol. The zero-order valence-electron chi connectivity index (χ0n) is 10.4. The minimum Gasteiger partial charge on any atom is -0.0991 e. The maximum absolute atomic E-state index is 3.74. The van der Waals surface area contributed by atoms with E-state index >= 15 is 0 Å². The van der Waals surface area contributed by atoms with Crippen LogP contribution in [-0.2, 0) is 0 Å². The van der Waals surface area contributed by atoms with Gasteiger partial charge in [0.15, 0.2) is 0 Å². The highest BCUT2D eigenvalue weighted by Gasteiger charge is 1.96. The van der Waals surface area contributed by atoms with Crippen molar-refractivity contribution in [1.82, 2.24) is 0 Å². The number of hydrogen-bond donors (Lipinski definition) is 0. The van der Waals surface area contributed by atoms with Gasteiger partial charge >= 0.3 is 0 Å². The zero-order valence-corrected chi connectivity index (χ0v) is 10.4. The molecule has 0 aliphatic carbocycles. The van der Waals surface area contributed by atoms with Gasteiger partial charge in [-0.25, -0.2) is 0 Å². The van der Waals surface area contributed by atoms with E-state index in [1.807, 2.05) is 6.08 Å². The van der Waals surface area contributed by atoms with Crippen molar-refractivity contribution >= 4 is 0 Å². The second-order valence-corrected chi connectivity index (χ2v) is 3.39. The molecule has 0 heteroatoms. The van der Waals surface area contributed by atoms with Crippen LogP contribution in [0.4, 0.5) is 0 Å². The van der Waals surface area contributed by atoms with E-state index in [9.17, 15) is 0 Å². The van der Waals surface area contributed by atoms with Crippen LogP contribution in [0.2, 0.25) is 0 Å². The monoisotopic (exact) mass is 202 g/mol. The lowest BCUT2D eigenvalue weighted by Crippen LogP contribution is -1.84. The lowest BCUT2D eigenvalue weighted by Gasteiger charge is -2.04. The average Bonchev–Trinajstić information content (AvgIpc) is 2.27. The Labute approximate surface area is 94.4 Å². The number of allylic oxidation sites excluding steroid dienone is 9. The van der Waals surface area contributed by atoms with Gasteiger partial charge in [-0.1, -0.05) is 55.5 Å². The molecular formula is C15H22. The van der Waals surface area contributed by atoms with Gasteiger partial charge < -0.3 is 0 Å². The first-order chi connectivity index (χ1) is 7.19. The van der Waals surface area contributed by atoms with Crippen LogP contribution >= 0.6 is 0 Å². The van der Waals surface area contributed by atoms with Crippen molar-refractivity contribution in [2.75, 3.05) is 0 Å². The first-order valence-electron chi connectivity index (χ1n) is 5.48. The minimum absolute atomic E-state index is 1.03. The van der Waals surface area contributed by atoms with Crippen molar-refractivity contribution in [3.8, 4) is 0 Å². The zero-order chi connectivity index (χ0) is 11.7.